The van der Waals surface area contributed by atoms with E-state index in [1.807, 2.05) is 0 Å². The van der Waals surface area contributed by atoms with Gasteiger partial charge in [0.2, 0.25) is 5.91 Å². The molecule has 1 aliphatic carbocycles. The standard InChI is InChI=1S/C17H23N3O3/c21-17(19-12-10-14-6-2-1-3-7-14)11-13-18-15-8-4-5-9-16(15)20(22)23/h4-6,8-9,18H,1-3,7,10-13H2,(H,19,21). The van der Waals surface area contributed by atoms with Crippen LogP contribution in [0.15, 0.2) is 35.9 Å². The van der Waals surface area contributed by atoms with Gasteiger partial charge in [-0.25, -0.2) is 0 Å². The van der Waals surface area contributed by atoms with E-state index in [2.05, 4.69) is 16.7 Å². The second kappa shape index (κ2) is 8.92. The van der Waals surface area contributed by atoms with E-state index >= 15 is 0 Å². The molecule has 0 saturated carbocycles. The normalized spacial score (nSPS) is 14.0. The highest BCUT2D eigenvalue weighted by molar-refractivity contribution is 5.76. The second-order valence-electron chi connectivity index (χ2n) is 5.66. The highest BCUT2D eigenvalue weighted by Gasteiger charge is 2.12. The fourth-order valence-corrected chi connectivity index (χ4v) is 2.68. The van der Waals surface area contributed by atoms with E-state index < -0.39 is 4.92 Å². The molecule has 0 atom stereocenters. The zero-order chi connectivity index (χ0) is 16.5. The molecule has 2 rings (SSSR count). The van der Waals surface area contributed by atoms with Crippen molar-refractivity contribution in [2.24, 2.45) is 0 Å². The SMILES string of the molecule is O=C(CCNc1ccccc1[N+](=O)[O-])NCCC1=CCCCC1. The van der Waals surface area contributed by atoms with Crippen LogP contribution in [0.2, 0.25) is 0 Å². The quantitative estimate of drug-likeness (QED) is 0.437. The van der Waals surface area contributed by atoms with Gasteiger partial charge in [0.05, 0.1) is 4.92 Å². The molecule has 124 valence electrons. The molecular weight excluding hydrogens is 294 g/mol. The van der Waals surface area contributed by atoms with E-state index in [9.17, 15) is 14.9 Å². The molecule has 0 fully saturated rings. The number of nitrogens with zero attached hydrogens (tertiary/aromatic N) is 1. The average Bonchev–Trinajstić information content (AvgIpc) is 2.56. The predicted octanol–water partition coefficient (Wildman–Crippen LogP) is 3.40. The van der Waals surface area contributed by atoms with E-state index in [1.165, 1.54) is 24.5 Å². The first-order valence-corrected chi connectivity index (χ1v) is 8.08. The molecule has 23 heavy (non-hydrogen) atoms. The molecule has 6 heteroatoms. The van der Waals surface area contributed by atoms with Crippen LogP contribution in [-0.4, -0.2) is 23.9 Å². The fourth-order valence-electron chi connectivity index (χ4n) is 2.68. The van der Waals surface area contributed by atoms with Crippen molar-refractivity contribution in [3.05, 3.63) is 46.0 Å². The van der Waals surface area contributed by atoms with Crippen LogP contribution in [-0.2, 0) is 4.79 Å². The topological polar surface area (TPSA) is 84.3 Å². The van der Waals surface area contributed by atoms with Gasteiger partial charge in [0.15, 0.2) is 0 Å². The number of rotatable bonds is 8. The van der Waals surface area contributed by atoms with E-state index in [1.54, 1.807) is 18.2 Å². The number of para-hydroxylation sites is 2. The molecule has 0 heterocycles. The molecule has 1 amide bonds. The summed E-state index contributed by atoms with van der Waals surface area (Å²) in [5, 5.41) is 16.7. The lowest BCUT2D eigenvalue weighted by Crippen LogP contribution is -2.26. The minimum Gasteiger partial charge on any atom is -0.379 e. The summed E-state index contributed by atoms with van der Waals surface area (Å²) in [5.41, 5.74) is 1.91. The van der Waals surface area contributed by atoms with Crippen LogP contribution in [0.25, 0.3) is 0 Å². The zero-order valence-electron chi connectivity index (χ0n) is 13.2. The van der Waals surface area contributed by atoms with Gasteiger partial charge in [-0.15, -0.1) is 0 Å². The summed E-state index contributed by atoms with van der Waals surface area (Å²) in [6, 6.07) is 6.44. The molecule has 6 nitrogen and oxygen atoms in total. The van der Waals surface area contributed by atoms with Gasteiger partial charge in [-0.1, -0.05) is 23.8 Å². The molecule has 0 spiro atoms. The number of nitrogens with one attached hydrogen (secondary N) is 2. The first kappa shape index (κ1) is 17.0. The zero-order valence-corrected chi connectivity index (χ0v) is 13.2. The third-order valence-corrected chi connectivity index (χ3v) is 3.92. The van der Waals surface area contributed by atoms with Crippen molar-refractivity contribution in [2.75, 3.05) is 18.4 Å². The van der Waals surface area contributed by atoms with Gasteiger partial charge in [0, 0.05) is 25.6 Å². The lowest BCUT2D eigenvalue weighted by atomic mass is 9.97. The summed E-state index contributed by atoms with van der Waals surface area (Å²) in [4.78, 5) is 22.3. The Morgan fingerprint density at radius 2 is 2.04 bits per heavy atom. The first-order valence-electron chi connectivity index (χ1n) is 8.08. The van der Waals surface area contributed by atoms with Crippen molar-refractivity contribution >= 4 is 17.3 Å². The largest absolute Gasteiger partial charge is 0.379 e. The fraction of sp³-hybridized carbons (Fsp3) is 0.471. The maximum Gasteiger partial charge on any atom is 0.292 e. The first-order chi connectivity index (χ1) is 11.2. The molecule has 1 aromatic carbocycles. The van der Waals surface area contributed by atoms with Gasteiger partial charge < -0.3 is 10.6 Å². The Morgan fingerprint density at radius 3 is 2.78 bits per heavy atom. The number of hydrogen-bond donors (Lipinski definition) is 2. The maximum absolute atomic E-state index is 11.8. The van der Waals surface area contributed by atoms with E-state index in [0.717, 1.165) is 19.3 Å². The van der Waals surface area contributed by atoms with E-state index in [-0.39, 0.29) is 11.6 Å². The van der Waals surface area contributed by atoms with Crippen molar-refractivity contribution in [2.45, 2.75) is 38.5 Å². The third kappa shape index (κ3) is 5.73. The predicted molar refractivity (Wildman–Crippen MR) is 90.4 cm³/mol. The molecule has 0 unspecified atom stereocenters. The molecule has 1 aromatic rings. The monoisotopic (exact) mass is 317 g/mol. The molecule has 1 aliphatic rings. The van der Waals surface area contributed by atoms with E-state index in [4.69, 9.17) is 0 Å². The number of allylic oxidation sites excluding steroid dienone is 1. The molecule has 2 N–H and O–H groups in total. The number of amides is 1. The average molecular weight is 317 g/mol. The lowest BCUT2D eigenvalue weighted by Gasteiger charge is -2.13. The number of carbonyl (C=O) groups excluding carboxylic acids is 1. The lowest BCUT2D eigenvalue weighted by molar-refractivity contribution is -0.384. The van der Waals surface area contributed by atoms with Gasteiger partial charge in [-0.3, -0.25) is 14.9 Å². The Bertz CT molecular complexity index is 584. The summed E-state index contributed by atoms with van der Waals surface area (Å²) in [7, 11) is 0. The van der Waals surface area contributed by atoms with Crippen LogP contribution in [0, 0.1) is 10.1 Å². The minimum absolute atomic E-state index is 0.0251. The second-order valence-corrected chi connectivity index (χ2v) is 5.66. The molecular formula is C17H23N3O3. The highest BCUT2D eigenvalue weighted by Crippen LogP contribution is 2.23. The van der Waals surface area contributed by atoms with Crippen LogP contribution in [0.5, 0.6) is 0 Å². The Kier molecular flexibility index (Phi) is 6.59. The van der Waals surface area contributed by atoms with Crippen LogP contribution < -0.4 is 10.6 Å². The molecule has 0 aliphatic heterocycles. The van der Waals surface area contributed by atoms with Gasteiger partial charge in [0.25, 0.3) is 5.69 Å². The van der Waals surface area contributed by atoms with Crippen LogP contribution in [0.3, 0.4) is 0 Å². The van der Waals surface area contributed by atoms with Crippen LogP contribution in [0.4, 0.5) is 11.4 Å². The summed E-state index contributed by atoms with van der Waals surface area (Å²) in [6.07, 6.45) is 8.32. The summed E-state index contributed by atoms with van der Waals surface area (Å²) in [6.45, 7) is 1.04. The number of benzene rings is 1. The number of carbonyl (C=O) groups is 1. The van der Waals surface area contributed by atoms with Crippen molar-refractivity contribution in [1.29, 1.82) is 0 Å². The van der Waals surface area contributed by atoms with Crippen molar-refractivity contribution < 1.29 is 9.72 Å². The molecule has 0 radical (unpaired) electrons. The smallest absolute Gasteiger partial charge is 0.292 e. The number of hydrogen-bond acceptors (Lipinski definition) is 4. The molecule has 0 aromatic heterocycles. The molecule has 0 saturated heterocycles. The van der Waals surface area contributed by atoms with Crippen LogP contribution >= 0.6 is 0 Å². The molecule has 0 bridgehead atoms. The number of anilines is 1. The van der Waals surface area contributed by atoms with E-state index in [0.29, 0.717) is 25.2 Å². The van der Waals surface area contributed by atoms with Gasteiger partial charge in [-0.05, 0) is 38.2 Å². The van der Waals surface area contributed by atoms with Gasteiger partial charge in [0.1, 0.15) is 5.69 Å². The summed E-state index contributed by atoms with van der Waals surface area (Å²) < 4.78 is 0. The summed E-state index contributed by atoms with van der Waals surface area (Å²) >= 11 is 0. The van der Waals surface area contributed by atoms with Crippen molar-refractivity contribution in [1.82, 2.24) is 5.32 Å². The Hall–Kier alpha value is -2.37. The maximum atomic E-state index is 11.8. The minimum atomic E-state index is -0.430. The van der Waals surface area contributed by atoms with Gasteiger partial charge >= 0.3 is 0 Å². The Morgan fingerprint density at radius 1 is 1.22 bits per heavy atom. The number of nitro benzene ring substituents is 1. The van der Waals surface area contributed by atoms with Crippen molar-refractivity contribution in [3.63, 3.8) is 0 Å². The van der Waals surface area contributed by atoms with Crippen molar-refractivity contribution in [3.8, 4) is 0 Å². The highest BCUT2D eigenvalue weighted by atomic mass is 16.6. The Labute approximate surface area is 136 Å². The van der Waals surface area contributed by atoms with Crippen LogP contribution in [0.1, 0.15) is 38.5 Å². The number of nitro groups is 1. The Balaban J connectivity index is 1.67. The summed E-state index contributed by atoms with van der Waals surface area (Å²) in [5.74, 6) is -0.0347. The third-order valence-electron chi connectivity index (χ3n) is 3.92. The van der Waals surface area contributed by atoms with Gasteiger partial charge in [-0.2, -0.15) is 0 Å².